The Morgan fingerprint density at radius 2 is 2.06 bits per heavy atom. The van der Waals surface area contributed by atoms with E-state index in [0.717, 1.165) is 11.3 Å². The lowest BCUT2D eigenvalue weighted by Crippen LogP contribution is -2.40. The smallest absolute Gasteiger partial charge is 0.124 e. The number of hydrogen-bond donors (Lipinski definition) is 1. The third-order valence-corrected chi connectivity index (χ3v) is 2.87. The minimum atomic E-state index is -0.153. The summed E-state index contributed by atoms with van der Waals surface area (Å²) in [5.41, 5.74) is 7.00. The zero-order valence-corrected chi connectivity index (χ0v) is 10.3. The summed E-state index contributed by atoms with van der Waals surface area (Å²) in [6.45, 7) is 3.24. The molecule has 1 aromatic rings. The molecule has 0 amide bonds. The van der Waals surface area contributed by atoms with Gasteiger partial charge in [0.2, 0.25) is 0 Å². The van der Waals surface area contributed by atoms with Gasteiger partial charge in [0.1, 0.15) is 18.0 Å². The number of rotatable bonds is 5. The second kappa shape index (κ2) is 5.49. The molecule has 2 N–H and O–H groups in total. The van der Waals surface area contributed by atoms with E-state index in [-0.39, 0.29) is 18.2 Å². The molecule has 0 radical (unpaired) electrons. The maximum absolute atomic E-state index is 6.00. The molecule has 0 spiro atoms. The molecule has 2 unspecified atom stereocenters. The Morgan fingerprint density at radius 3 is 2.59 bits per heavy atom. The van der Waals surface area contributed by atoms with Crippen molar-refractivity contribution >= 4 is 0 Å². The van der Waals surface area contributed by atoms with Gasteiger partial charge in [0, 0.05) is 11.6 Å². The topological polar surface area (TPSA) is 53.7 Å². The van der Waals surface area contributed by atoms with Crippen molar-refractivity contribution in [2.24, 2.45) is 5.73 Å². The van der Waals surface area contributed by atoms with Gasteiger partial charge in [0.05, 0.1) is 20.3 Å². The lowest BCUT2D eigenvalue weighted by Gasteiger charge is -2.33. The lowest BCUT2D eigenvalue weighted by molar-refractivity contribution is -0.159. The van der Waals surface area contributed by atoms with Crippen molar-refractivity contribution in [3.63, 3.8) is 0 Å². The summed E-state index contributed by atoms with van der Waals surface area (Å²) in [5, 5.41) is 0. The summed E-state index contributed by atoms with van der Waals surface area (Å²) in [4.78, 5) is 0. The molecule has 0 saturated carbocycles. The first kappa shape index (κ1) is 12.4. The molecule has 1 heterocycles. The van der Waals surface area contributed by atoms with E-state index >= 15 is 0 Å². The molecule has 1 aliphatic rings. The highest BCUT2D eigenvalue weighted by Crippen LogP contribution is 2.31. The maximum Gasteiger partial charge on any atom is 0.124 e. The Kier molecular flexibility index (Phi) is 3.99. The highest BCUT2D eigenvalue weighted by molar-refractivity contribution is 5.35. The van der Waals surface area contributed by atoms with Gasteiger partial charge in [-0.1, -0.05) is 18.2 Å². The predicted octanol–water partition coefficient (Wildman–Crippen LogP) is 1.50. The maximum atomic E-state index is 6.00. The molecule has 94 valence electrons. The summed E-state index contributed by atoms with van der Waals surface area (Å²) in [5.74, 6) is 0.815. The van der Waals surface area contributed by atoms with E-state index in [1.807, 2.05) is 31.2 Å². The van der Waals surface area contributed by atoms with Crippen LogP contribution in [0.4, 0.5) is 0 Å². The van der Waals surface area contributed by atoms with Crippen LogP contribution in [-0.2, 0) is 9.47 Å². The van der Waals surface area contributed by atoms with Crippen LogP contribution in [0.25, 0.3) is 0 Å². The van der Waals surface area contributed by atoms with Crippen molar-refractivity contribution in [3.8, 4) is 5.75 Å². The molecule has 0 aliphatic carbocycles. The molecule has 0 bridgehead atoms. The van der Waals surface area contributed by atoms with Gasteiger partial charge in [-0.3, -0.25) is 0 Å². The standard InChI is InChI=1S/C13H19NO3/c1-9(14)13(17-10-7-16-8-10)11-5-3-4-6-12(11)15-2/h3-6,9-10,13H,7-8,14H2,1-2H3. The minimum Gasteiger partial charge on any atom is -0.496 e. The van der Waals surface area contributed by atoms with E-state index < -0.39 is 0 Å². The molecular weight excluding hydrogens is 218 g/mol. The summed E-state index contributed by atoms with van der Waals surface area (Å²) in [6.07, 6.45) is -0.00374. The van der Waals surface area contributed by atoms with Gasteiger partial charge in [-0.25, -0.2) is 0 Å². The Hall–Kier alpha value is -1.10. The molecule has 17 heavy (non-hydrogen) atoms. The molecule has 0 aromatic heterocycles. The molecule has 2 atom stereocenters. The summed E-state index contributed by atoms with van der Waals surface area (Å²) in [6, 6.07) is 7.73. The average molecular weight is 237 g/mol. The van der Waals surface area contributed by atoms with Crippen molar-refractivity contribution in [1.29, 1.82) is 0 Å². The zero-order valence-electron chi connectivity index (χ0n) is 10.3. The number of methoxy groups -OCH3 is 1. The van der Waals surface area contributed by atoms with Gasteiger partial charge in [-0.05, 0) is 13.0 Å². The van der Waals surface area contributed by atoms with Crippen LogP contribution < -0.4 is 10.5 Å². The molecule has 1 aromatic carbocycles. The predicted molar refractivity (Wildman–Crippen MR) is 65.1 cm³/mol. The first-order valence-electron chi connectivity index (χ1n) is 5.84. The third-order valence-electron chi connectivity index (χ3n) is 2.87. The van der Waals surface area contributed by atoms with Gasteiger partial charge in [-0.2, -0.15) is 0 Å². The Bertz CT molecular complexity index is 363. The molecule has 4 nitrogen and oxygen atoms in total. The fraction of sp³-hybridized carbons (Fsp3) is 0.538. The third kappa shape index (κ3) is 2.77. The van der Waals surface area contributed by atoms with Crippen LogP contribution >= 0.6 is 0 Å². The molecule has 2 rings (SSSR count). The Morgan fingerprint density at radius 1 is 1.35 bits per heavy atom. The van der Waals surface area contributed by atoms with Crippen molar-refractivity contribution < 1.29 is 14.2 Å². The van der Waals surface area contributed by atoms with Gasteiger partial charge in [-0.15, -0.1) is 0 Å². The van der Waals surface area contributed by atoms with Crippen molar-refractivity contribution in [2.45, 2.75) is 25.2 Å². The van der Waals surface area contributed by atoms with Crippen molar-refractivity contribution in [3.05, 3.63) is 29.8 Å². The van der Waals surface area contributed by atoms with Crippen LogP contribution in [0.3, 0.4) is 0 Å². The van der Waals surface area contributed by atoms with E-state index in [1.165, 1.54) is 0 Å². The quantitative estimate of drug-likeness (QED) is 0.843. The normalized spacial score (nSPS) is 19.5. The first-order chi connectivity index (χ1) is 8.22. The van der Waals surface area contributed by atoms with Gasteiger partial charge < -0.3 is 19.9 Å². The van der Waals surface area contributed by atoms with Gasteiger partial charge >= 0.3 is 0 Å². The monoisotopic (exact) mass is 237 g/mol. The van der Waals surface area contributed by atoms with E-state index in [1.54, 1.807) is 7.11 Å². The zero-order chi connectivity index (χ0) is 12.3. The summed E-state index contributed by atoms with van der Waals surface area (Å²) in [7, 11) is 1.66. The first-order valence-corrected chi connectivity index (χ1v) is 5.84. The second-order valence-electron chi connectivity index (χ2n) is 4.32. The highest BCUT2D eigenvalue weighted by Gasteiger charge is 2.28. The molecule has 1 fully saturated rings. The SMILES string of the molecule is COc1ccccc1C(OC1COC1)C(C)N. The largest absolute Gasteiger partial charge is 0.496 e. The van der Waals surface area contributed by atoms with Crippen molar-refractivity contribution in [2.75, 3.05) is 20.3 Å². The fourth-order valence-corrected chi connectivity index (χ4v) is 1.88. The summed E-state index contributed by atoms with van der Waals surface area (Å²) < 4.78 is 16.4. The molecular formula is C13H19NO3. The van der Waals surface area contributed by atoms with Crippen LogP contribution in [0.1, 0.15) is 18.6 Å². The lowest BCUT2D eigenvalue weighted by atomic mass is 10.0. The van der Waals surface area contributed by atoms with Crippen LogP contribution in [0.5, 0.6) is 5.75 Å². The van der Waals surface area contributed by atoms with Crippen LogP contribution in [-0.4, -0.2) is 32.5 Å². The second-order valence-corrected chi connectivity index (χ2v) is 4.32. The molecule has 1 saturated heterocycles. The van der Waals surface area contributed by atoms with Crippen LogP contribution in [0.15, 0.2) is 24.3 Å². The fourth-order valence-electron chi connectivity index (χ4n) is 1.88. The van der Waals surface area contributed by atoms with Crippen LogP contribution in [0, 0.1) is 0 Å². The van der Waals surface area contributed by atoms with E-state index in [9.17, 15) is 0 Å². The van der Waals surface area contributed by atoms with E-state index in [4.69, 9.17) is 19.9 Å². The van der Waals surface area contributed by atoms with Gasteiger partial charge in [0.25, 0.3) is 0 Å². The Labute approximate surface area is 102 Å². The number of benzene rings is 1. The number of para-hydroxylation sites is 1. The average Bonchev–Trinajstić information content (AvgIpc) is 2.27. The molecule has 4 heteroatoms. The number of ether oxygens (including phenoxy) is 3. The number of hydrogen-bond acceptors (Lipinski definition) is 4. The van der Waals surface area contributed by atoms with E-state index in [2.05, 4.69) is 0 Å². The summed E-state index contributed by atoms with van der Waals surface area (Å²) >= 11 is 0. The molecule has 1 aliphatic heterocycles. The number of nitrogens with two attached hydrogens (primary N) is 1. The van der Waals surface area contributed by atoms with Crippen LogP contribution in [0.2, 0.25) is 0 Å². The van der Waals surface area contributed by atoms with Gasteiger partial charge in [0.15, 0.2) is 0 Å². The minimum absolute atomic E-state index is 0.0908. The van der Waals surface area contributed by atoms with Crippen molar-refractivity contribution in [1.82, 2.24) is 0 Å². The Balaban J connectivity index is 2.18. The highest BCUT2D eigenvalue weighted by atomic mass is 16.6. The van der Waals surface area contributed by atoms with E-state index in [0.29, 0.717) is 13.2 Å².